The van der Waals surface area contributed by atoms with Gasteiger partial charge in [-0.2, -0.15) is 0 Å². The lowest BCUT2D eigenvalue weighted by Crippen LogP contribution is -2.39. The van der Waals surface area contributed by atoms with E-state index in [1.807, 2.05) is 6.92 Å². The van der Waals surface area contributed by atoms with Gasteiger partial charge in [-0.05, 0) is 68.9 Å². The van der Waals surface area contributed by atoms with Gasteiger partial charge in [0, 0.05) is 24.7 Å². The minimum Gasteiger partial charge on any atom is -0.296 e. The molecule has 4 rings (SSSR count). The van der Waals surface area contributed by atoms with Crippen molar-refractivity contribution in [3.05, 3.63) is 53.7 Å². The molecule has 1 saturated heterocycles. The minimum atomic E-state index is -0.384. The van der Waals surface area contributed by atoms with Gasteiger partial charge < -0.3 is 0 Å². The van der Waals surface area contributed by atoms with Crippen LogP contribution in [-0.4, -0.2) is 28.2 Å². The number of halogens is 1. The number of aromatic nitrogens is 2. The summed E-state index contributed by atoms with van der Waals surface area (Å²) in [7, 11) is 0. The Bertz CT molecular complexity index is 899. The minimum absolute atomic E-state index is 0.0239. The third kappa shape index (κ3) is 3.55. The molecular formula is C22H24FN3O2. The van der Waals surface area contributed by atoms with Crippen LogP contribution in [0.5, 0.6) is 0 Å². The summed E-state index contributed by atoms with van der Waals surface area (Å²) in [6.45, 7) is 2.48. The van der Waals surface area contributed by atoms with E-state index in [2.05, 4.69) is 9.97 Å². The maximum Gasteiger partial charge on any atom is 0.234 e. The van der Waals surface area contributed by atoms with Gasteiger partial charge in [-0.3, -0.25) is 14.5 Å². The molecule has 2 aromatic rings. The molecular weight excluding hydrogens is 357 g/mol. The molecule has 6 heteroatoms. The van der Waals surface area contributed by atoms with Gasteiger partial charge in [0.15, 0.2) is 5.78 Å². The Labute approximate surface area is 164 Å². The van der Waals surface area contributed by atoms with Crippen molar-refractivity contribution in [3.63, 3.8) is 0 Å². The molecule has 2 aliphatic rings. The van der Waals surface area contributed by atoms with E-state index >= 15 is 0 Å². The number of anilines is 1. The summed E-state index contributed by atoms with van der Waals surface area (Å²) in [5.41, 5.74) is 0.155. The van der Waals surface area contributed by atoms with Crippen molar-refractivity contribution in [2.24, 2.45) is 11.3 Å². The summed E-state index contributed by atoms with van der Waals surface area (Å²) in [6, 6.07) is 7.49. The van der Waals surface area contributed by atoms with Crippen molar-refractivity contribution in [1.82, 2.24) is 9.97 Å². The van der Waals surface area contributed by atoms with Crippen molar-refractivity contribution < 1.29 is 14.0 Å². The summed E-state index contributed by atoms with van der Waals surface area (Å²) in [6.07, 6.45) is 6.40. The van der Waals surface area contributed by atoms with E-state index in [4.69, 9.17) is 0 Å². The van der Waals surface area contributed by atoms with Crippen molar-refractivity contribution in [2.75, 3.05) is 11.4 Å². The van der Waals surface area contributed by atoms with Crippen LogP contribution in [0.15, 0.2) is 36.5 Å². The molecule has 146 valence electrons. The van der Waals surface area contributed by atoms with E-state index in [0.29, 0.717) is 30.2 Å². The molecule has 1 aliphatic heterocycles. The first-order valence-corrected chi connectivity index (χ1v) is 9.87. The number of nitrogens with zero attached hydrogens (tertiary/aromatic N) is 3. The molecule has 0 N–H and O–H groups in total. The number of ketones is 1. The molecule has 28 heavy (non-hydrogen) atoms. The Morgan fingerprint density at radius 2 is 2.04 bits per heavy atom. The fourth-order valence-corrected chi connectivity index (χ4v) is 4.73. The van der Waals surface area contributed by atoms with Crippen molar-refractivity contribution in [3.8, 4) is 0 Å². The number of Topliss-reactive ketones (excluding diaryl/α,β-unsaturated/α-hetero) is 1. The average Bonchev–Trinajstić information content (AvgIpc) is 2.98. The Hall–Kier alpha value is -2.63. The molecule has 0 radical (unpaired) electrons. The number of rotatable bonds is 4. The summed E-state index contributed by atoms with van der Waals surface area (Å²) in [4.78, 5) is 36.2. The van der Waals surface area contributed by atoms with Crippen LogP contribution in [0.25, 0.3) is 0 Å². The molecule has 1 saturated carbocycles. The molecule has 2 atom stereocenters. The van der Waals surface area contributed by atoms with Crippen molar-refractivity contribution in [1.29, 1.82) is 0 Å². The Balaban J connectivity index is 1.46. The van der Waals surface area contributed by atoms with Crippen LogP contribution in [-0.2, 0) is 4.79 Å². The predicted molar refractivity (Wildman–Crippen MR) is 103 cm³/mol. The first-order chi connectivity index (χ1) is 13.5. The predicted octanol–water partition coefficient (Wildman–Crippen LogP) is 4.11. The topological polar surface area (TPSA) is 63.2 Å². The number of benzene rings is 1. The highest BCUT2D eigenvalue weighted by molar-refractivity contribution is 5.99. The third-order valence-electron chi connectivity index (χ3n) is 6.14. The van der Waals surface area contributed by atoms with Crippen LogP contribution in [0.3, 0.4) is 0 Å². The molecule has 0 unspecified atom stereocenters. The van der Waals surface area contributed by atoms with Crippen LogP contribution in [0.2, 0.25) is 0 Å². The van der Waals surface area contributed by atoms with Gasteiger partial charge in [0.2, 0.25) is 5.91 Å². The Kier molecular flexibility index (Phi) is 4.96. The highest BCUT2D eigenvalue weighted by Gasteiger charge is 2.49. The number of carbonyl (C=O) groups is 2. The van der Waals surface area contributed by atoms with Crippen LogP contribution in [0, 0.1) is 24.1 Å². The normalized spacial score (nSPS) is 24.7. The van der Waals surface area contributed by atoms with Gasteiger partial charge in [-0.25, -0.2) is 14.4 Å². The number of carbonyl (C=O) groups excluding carboxylic acids is 2. The van der Waals surface area contributed by atoms with Gasteiger partial charge >= 0.3 is 0 Å². The summed E-state index contributed by atoms with van der Waals surface area (Å²) in [5.74, 6) is 1.31. The molecule has 2 fully saturated rings. The van der Waals surface area contributed by atoms with Crippen LogP contribution in [0.4, 0.5) is 10.2 Å². The Morgan fingerprint density at radius 1 is 1.25 bits per heavy atom. The van der Waals surface area contributed by atoms with E-state index in [1.54, 1.807) is 17.2 Å². The summed E-state index contributed by atoms with van der Waals surface area (Å²) < 4.78 is 13.1. The lowest BCUT2D eigenvalue weighted by atomic mass is 9.67. The maximum absolute atomic E-state index is 13.3. The molecule has 1 spiro atoms. The Morgan fingerprint density at radius 3 is 2.79 bits per heavy atom. The van der Waals surface area contributed by atoms with Crippen LogP contribution >= 0.6 is 0 Å². The van der Waals surface area contributed by atoms with E-state index in [9.17, 15) is 14.0 Å². The second kappa shape index (κ2) is 7.41. The lowest BCUT2D eigenvalue weighted by Gasteiger charge is -2.36. The molecule has 1 aromatic heterocycles. The summed E-state index contributed by atoms with van der Waals surface area (Å²) in [5, 5.41) is 0. The highest BCUT2D eigenvalue weighted by Crippen LogP contribution is 2.48. The second-order valence-electron chi connectivity index (χ2n) is 8.05. The van der Waals surface area contributed by atoms with Crippen LogP contribution < -0.4 is 4.90 Å². The van der Waals surface area contributed by atoms with E-state index in [1.165, 1.54) is 24.3 Å². The monoisotopic (exact) mass is 381 g/mol. The smallest absolute Gasteiger partial charge is 0.234 e. The largest absolute Gasteiger partial charge is 0.296 e. The highest BCUT2D eigenvalue weighted by atomic mass is 19.1. The van der Waals surface area contributed by atoms with E-state index in [-0.39, 0.29) is 28.8 Å². The molecule has 1 aromatic carbocycles. The first kappa shape index (κ1) is 18.7. The molecule has 0 bridgehead atoms. The van der Waals surface area contributed by atoms with Gasteiger partial charge in [-0.1, -0.05) is 6.42 Å². The summed E-state index contributed by atoms with van der Waals surface area (Å²) >= 11 is 0. The fraction of sp³-hybridized carbons (Fsp3) is 0.455. The standard InChI is InChI=1S/C22H24FN3O2/c1-15-24-11-8-20(25-15)26-12-10-22(21(26)28)9-2-3-16(14-22)13-19(27)17-4-6-18(23)7-5-17/h4-8,11,16H,2-3,9-10,12-14H2,1H3/t16-,22+/m1/s1. The zero-order chi connectivity index (χ0) is 19.7. The molecule has 5 nitrogen and oxygen atoms in total. The van der Waals surface area contributed by atoms with Gasteiger partial charge in [0.1, 0.15) is 17.5 Å². The first-order valence-electron chi connectivity index (χ1n) is 9.87. The van der Waals surface area contributed by atoms with Gasteiger partial charge in [0.05, 0.1) is 5.41 Å². The van der Waals surface area contributed by atoms with E-state index in [0.717, 1.165) is 32.1 Å². The maximum atomic E-state index is 13.3. The SMILES string of the molecule is Cc1nccc(N2CC[C@]3(CCC[C@H](CC(=O)c4ccc(F)cc4)C3)C2=O)n1. The zero-order valence-corrected chi connectivity index (χ0v) is 16.0. The van der Waals surface area contributed by atoms with Gasteiger partial charge in [0.25, 0.3) is 0 Å². The van der Waals surface area contributed by atoms with Crippen molar-refractivity contribution >= 4 is 17.5 Å². The lowest BCUT2D eigenvalue weighted by molar-refractivity contribution is -0.128. The number of amides is 1. The number of aryl methyl sites for hydroxylation is 1. The van der Waals surface area contributed by atoms with Gasteiger partial charge in [-0.15, -0.1) is 0 Å². The van der Waals surface area contributed by atoms with Crippen LogP contribution in [0.1, 0.15) is 54.7 Å². The average molecular weight is 381 g/mol. The molecule has 2 heterocycles. The molecule has 1 amide bonds. The van der Waals surface area contributed by atoms with E-state index < -0.39 is 0 Å². The quantitative estimate of drug-likeness (QED) is 0.748. The fourth-order valence-electron chi connectivity index (χ4n) is 4.73. The van der Waals surface area contributed by atoms with Crippen molar-refractivity contribution in [2.45, 2.75) is 45.4 Å². The second-order valence-corrected chi connectivity index (χ2v) is 8.05. The number of hydrogen-bond acceptors (Lipinski definition) is 4. The zero-order valence-electron chi connectivity index (χ0n) is 16.0. The third-order valence-corrected chi connectivity index (χ3v) is 6.14. The molecule has 1 aliphatic carbocycles. The number of hydrogen-bond donors (Lipinski definition) is 0.